The fourth-order valence-electron chi connectivity index (χ4n) is 3.06. The number of hydrogen-bond acceptors (Lipinski definition) is 4. The van der Waals surface area contributed by atoms with Gasteiger partial charge in [0.1, 0.15) is 5.76 Å². The van der Waals surface area contributed by atoms with Gasteiger partial charge in [-0.05, 0) is 52.0 Å². The van der Waals surface area contributed by atoms with Crippen LogP contribution in [0.2, 0.25) is 0 Å². The van der Waals surface area contributed by atoms with Crippen molar-refractivity contribution in [2.24, 2.45) is 5.92 Å². The maximum Gasteiger partial charge on any atom is 0.122 e. The van der Waals surface area contributed by atoms with Crippen molar-refractivity contribution in [3.63, 3.8) is 0 Å². The number of nitrogens with zero attached hydrogens (tertiary/aromatic N) is 2. The lowest BCUT2D eigenvalue weighted by molar-refractivity contribution is 0.214. The Labute approximate surface area is 129 Å². The van der Waals surface area contributed by atoms with Gasteiger partial charge in [-0.2, -0.15) is 0 Å². The quantitative estimate of drug-likeness (QED) is 0.798. The predicted molar refractivity (Wildman–Crippen MR) is 87.2 cm³/mol. The van der Waals surface area contributed by atoms with Crippen LogP contribution in [0.5, 0.6) is 0 Å². The largest absolute Gasteiger partial charge is 0.468 e. The molecule has 2 heterocycles. The van der Waals surface area contributed by atoms with Crippen LogP contribution in [0.1, 0.15) is 38.0 Å². The highest BCUT2D eigenvalue weighted by Gasteiger charge is 2.22. The van der Waals surface area contributed by atoms with Crippen molar-refractivity contribution in [3.8, 4) is 0 Å². The van der Waals surface area contributed by atoms with Gasteiger partial charge in [-0.25, -0.2) is 0 Å². The van der Waals surface area contributed by atoms with Crippen molar-refractivity contribution in [1.29, 1.82) is 0 Å². The van der Waals surface area contributed by atoms with Crippen LogP contribution in [-0.2, 0) is 13.1 Å². The van der Waals surface area contributed by atoms with E-state index in [1.165, 1.54) is 24.9 Å². The first-order chi connectivity index (χ1) is 10.1. The third-order valence-corrected chi connectivity index (χ3v) is 4.31. The zero-order valence-electron chi connectivity index (χ0n) is 14.1. The first-order valence-corrected chi connectivity index (χ1v) is 8.21. The summed E-state index contributed by atoms with van der Waals surface area (Å²) in [5.41, 5.74) is 1.31. The van der Waals surface area contributed by atoms with Crippen LogP contribution in [-0.4, -0.2) is 49.6 Å². The number of rotatable bonds is 8. The molecule has 1 atom stereocenters. The Morgan fingerprint density at radius 1 is 1.48 bits per heavy atom. The molecule has 1 fully saturated rings. The molecule has 1 aromatic heterocycles. The van der Waals surface area contributed by atoms with Crippen molar-refractivity contribution in [2.45, 2.75) is 45.8 Å². The van der Waals surface area contributed by atoms with Gasteiger partial charge in [0.15, 0.2) is 0 Å². The van der Waals surface area contributed by atoms with Gasteiger partial charge in [0.25, 0.3) is 0 Å². The second kappa shape index (κ2) is 7.97. The van der Waals surface area contributed by atoms with Gasteiger partial charge in [-0.15, -0.1) is 0 Å². The summed E-state index contributed by atoms with van der Waals surface area (Å²) in [5, 5.41) is 3.46. The highest BCUT2D eigenvalue weighted by molar-refractivity contribution is 5.16. The molecule has 2 rings (SSSR count). The first kappa shape index (κ1) is 16.5. The highest BCUT2D eigenvalue weighted by atomic mass is 16.3. The maximum absolute atomic E-state index is 5.64. The molecule has 120 valence electrons. The molecule has 21 heavy (non-hydrogen) atoms. The van der Waals surface area contributed by atoms with Crippen LogP contribution in [0.15, 0.2) is 16.7 Å². The lowest BCUT2D eigenvalue weighted by Gasteiger charge is -2.25. The summed E-state index contributed by atoms with van der Waals surface area (Å²) in [6.45, 7) is 9.67. The summed E-state index contributed by atoms with van der Waals surface area (Å²) >= 11 is 0. The number of likely N-dealkylation sites (tertiary alicyclic amines) is 1. The van der Waals surface area contributed by atoms with E-state index in [9.17, 15) is 0 Å². The van der Waals surface area contributed by atoms with Gasteiger partial charge in [0, 0.05) is 24.7 Å². The fraction of sp³-hybridized carbons (Fsp3) is 0.765. The standard InChI is InChI=1S/C17H31N3O/c1-14(2)10-18-11-17-15(7-9-21-17)12-19(3)13-16-6-5-8-20(16)4/h7,9,14,16,18H,5-6,8,10-13H2,1-4H3. The monoisotopic (exact) mass is 293 g/mol. The second-order valence-corrected chi connectivity index (χ2v) is 6.87. The molecule has 0 saturated carbocycles. The molecule has 0 aromatic carbocycles. The van der Waals surface area contributed by atoms with E-state index in [0.717, 1.165) is 31.9 Å². The summed E-state index contributed by atoms with van der Waals surface area (Å²) in [6, 6.07) is 2.82. The van der Waals surface area contributed by atoms with Crippen LogP contribution < -0.4 is 5.32 Å². The van der Waals surface area contributed by atoms with Gasteiger partial charge in [0.2, 0.25) is 0 Å². The highest BCUT2D eigenvalue weighted by Crippen LogP contribution is 2.18. The smallest absolute Gasteiger partial charge is 0.122 e. The number of hydrogen-bond donors (Lipinski definition) is 1. The lowest BCUT2D eigenvalue weighted by Crippen LogP contribution is -2.36. The van der Waals surface area contributed by atoms with Crippen molar-refractivity contribution in [1.82, 2.24) is 15.1 Å². The van der Waals surface area contributed by atoms with Crippen molar-refractivity contribution >= 4 is 0 Å². The molecule has 1 aliphatic rings. The van der Waals surface area contributed by atoms with E-state index in [1.807, 2.05) is 6.26 Å². The maximum atomic E-state index is 5.64. The molecule has 0 radical (unpaired) electrons. The Morgan fingerprint density at radius 3 is 2.95 bits per heavy atom. The topological polar surface area (TPSA) is 31.7 Å². The van der Waals surface area contributed by atoms with Crippen LogP contribution in [0.25, 0.3) is 0 Å². The van der Waals surface area contributed by atoms with Gasteiger partial charge in [-0.3, -0.25) is 0 Å². The summed E-state index contributed by atoms with van der Waals surface area (Å²) in [6.07, 6.45) is 4.48. The van der Waals surface area contributed by atoms with Crippen LogP contribution in [0.4, 0.5) is 0 Å². The Kier molecular flexibility index (Phi) is 6.27. The number of likely N-dealkylation sites (N-methyl/N-ethyl adjacent to an activating group) is 2. The fourth-order valence-corrected chi connectivity index (χ4v) is 3.06. The number of nitrogens with one attached hydrogen (secondary N) is 1. The van der Waals surface area contributed by atoms with Crippen LogP contribution >= 0.6 is 0 Å². The van der Waals surface area contributed by atoms with E-state index in [4.69, 9.17) is 4.42 Å². The van der Waals surface area contributed by atoms with Crippen LogP contribution in [0, 0.1) is 5.92 Å². The zero-order chi connectivity index (χ0) is 15.2. The summed E-state index contributed by atoms with van der Waals surface area (Å²) in [4.78, 5) is 4.90. The predicted octanol–water partition coefficient (Wildman–Crippen LogP) is 2.55. The van der Waals surface area contributed by atoms with Gasteiger partial charge >= 0.3 is 0 Å². The molecular formula is C17H31N3O. The summed E-state index contributed by atoms with van der Waals surface area (Å²) in [7, 11) is 4.45. The second-order valence-electron chi connectivity index (χ2n) is 6.87. The molecule has 1 aromatic rings. The van der Waals surface area contributed by atoms with E-state index in [2.05, 4.69) is 49.1 Å². The summed E-state index contributed by atoms with van der Waals surface area (Å²) < 4.78 is 5.64. The molecule has 0 spiro atoms. The third kappa shape index (κ3) is 5.13. The van der Waals surface area contributed by atoms with Gasteiger partial charge in [-0.1, -0.05) is 13.8 Å². The van der Waals surface area contributed by atoms with E-state index in [-0.39, 0.29) is 0 Å². The number of furan rings is 1. The van der Waals surface area contributed by atoms with E-state index in [0.29, 0.717) is 12.0 Å². The molecule has 0 bridgehead atoms. The molecule has 1 aliphatic heterocycles. The van der Waals surface area contributed by atoms with Gasteiger partial charge < -0.3 is 19.5 Å². The minimum Gasteiger partial charge on any atom is -0.468 e. The average molecular weight is 293 g/mol. The molecular weight excluding hydrogens is 262 g/mol. The van der Waals surface area contributed by atoms with E-state index < -0.39 is 0 Å². The minimum atomic E-state index is 0.670. The Balaban J connectivity index is 1.80. The SMILES string of the molecule is CC(C)CNCc1occc1CN(C)CC1CCCN1C. The molecule has 1 saturated heterocycles. The average Bonchev–Trinajstić information content (AvgIpc) is 3.00. The molecule has 1 N–H and O–H groups in total. The Bertz CT molecular complexity index is 416. The Hall–Kier alpha value is -0.840. The van der Waals surface area contributed by atoms with Crippen molar-refractivity contribution in [2.75, 3.05) is 33.7 Å². The first-order valence-electron chi connectivity index (χ1n) is 8.21. The molecule has 1 unspecified atom stereocenters. The lowest BCUT2D eigenvalue weighted by atomic mass is 10.2. The van der Waals surface area contributed by atoms with Crippen molar-refractivity contribution < 1.29 is 4.42 Å². The normalized spacial score (nSPS) is 20.0. The molecule has 4 nitrogen and oxygen atoms in total. The minimum absolute atomic E-state index is 0.670. The Morgan fingerprint density at radius 2 is 2.29 bits per heavy atom. The summed E-state index contributed by atoms with van der Waals surface area (Å²) in [5.74, 6) is 1.76. The van der Waals surface area contributed by atoms with E-state index in [1.54, 1.807) is 0 Å². The van der Waals surface area contributed by atoms with E-state index >= 15 is 0 Å². The molecule has 4 heteroatoms. The zero-order valence-corrected chi connectivity index (χ0v) is 14.1. The van der Waals surface area contributed by atoms with Gasteiger partial charge in [0.05, 0.1) is 12.8 Å². The van der Waals surface area contributed by atoms with Crippen LogP contribution in [0.3, 0.4) is 0 Å². The molecule has 0 aliphatic carbocycles. The molecule has 0 amide bonds. The third-order valence-electron chi connectivity index (χ3n) is 4.31. The van der Waals surface area contributed by atoms with Crippen molar-refractivity contribution in [3.05, 3.63) is 23.7 Å².